The van der Waals surface area contributed by atoms with E-state index in [2.05, 4.69) is 15.0 Å². The van der Waals surface area contributed by atoms with E-state index >= 15 is 0 Å². The Labute approximate surface area is 258 Å². The summed E-state index contributed by atoms with van der Waals surface area (Å²) in [6.07, 6.45) is 1.16. The first-order chi connectivity index (χ1) is 20.9. The van der Waals surface area contributed by atoms with Gasteiger partial charge in [0.2, 0.25) is 0 Å². The molecule has 2 aromatic heterocycles. The number of hydrogen-bond acceptors (Lipinski definition) is 11. The normalized spacial score (nSPS) is 14.8. The number of nitro benzene ring substituents is 1. The van der Waals surface area contributed by atoms with Gasteiger partial charge in [0.15, 0.2) is 9.96 Å². The lowest BCUT2D eigenvalue weighted by molar-refractivity contribution is -0.387. The second-order valence-electron chi connectivity index (χ2n) is 10.1. The molecule has 0 spiro atoms. The van der Waals surface area contributed by atoms with Crippen molar-refractivity contribution >= 4 is 40.8 Å². The van der Waals surface area contributed by atoms with Crippen molar-refractivity contribution in [1.29, 1.82) is 0 Å². The number of esters is 1. The number of aromatic nitrogens is 3. The van der Waals surface area contributed by atoms with Crippen LogP contribution < -0.4 is 25.2 Å². The number of ether oxygens (including phenoxy) is 2. The minimum atomic E-state index is -0.841. The lowest BCUT2D eigenvalue weighted by atomic mass is 9.95. The fourth-order valence-corrected chi connectivity index (χ4v) is 6.67. The van der Waals surface area contributed by atoms with Gasteiger partial charge in [-0.2, -0.15) is 0 Å². The number of hydrogen-bond donors (Lipinski definition) is 1. The minimum Gasteiger partial charge on any atom is -0.497 e. The van der Waals surface area contributed by atoms with Crippen LogP contribution in [-0.2, 0) is 9.53 Å². The quantitative estimate of drug-likeness (QED) is 0.132. The van der Waals surface area contributed by atoms with Crippen molar-refractivity contribution in [3.63, 3.8) is 0 Å². The van der Waals surface area contributed by atoms with Gasteiger partial charge in [-0.3, -0.25) is 24.3 Å². The lowest BCUT2D eigenvalue weighted by Gasteiger charge is -2.25. The Kier molecular flexibility index (Phi) is 8.65. The molecule has 0 unspecified atom stereocenters. The van der Waals surface area contributed by atoms with Gasteiger partial charge in [-0.15, -0.1) is 0 Å². The fourth-order valence-electron chi connectivity index (χ4n) is 4.70. The van der Waals surface area contributed by atoms with Gasteiger partial charge in [0.1, 0.15) is 5.75 Å². The molecular weight excluding hydrogens is 606 g/mol. The molecule has 2 aromatic carbocycles. The summed E-state index contributed by atoms with van der Waals surface area (Å²) < 4.78 is 12.6. The summed E-state index contributed by atoms with van der Waals surface area (Å²) in [5, 5.41) is 12.2. The number of nitrogens with one attached hydrogen (secondary N) is 1. The van der Waals surface area contributed by atoms with E-state index in [0.717, 1.165) is 23.1 Å². The molecule has 4 aromatic rings. The van der Waals surface area contributed by atoms with Crippen molar-refractivity contribution in [3.05, 3.63) is 117 Å². The first-order valence-electron chi connectivity index (χ1n) is 13.4. The van der Waals surface area contributed by atoms with Crippen molar-refractivity contribution in [2.24, 2.45) is 4.99 Å². The van der Waals surface area contributed by atoms with Gasteiger partial charge in [-0.05, 0) is 74.9 Å². The molecule has 14 heteroatoms. The predicted molar refractivity (Wildman–Crippen MR) is 165 cm³/mol. The number of allylic oxidation sites excluding steroid dienone is 1. The predicted octanol–water partition coefficient (Wildman–Crippen LogP) is 3.65. The summed E-state index contributed by atoms with van der Waals surface area (Å²) >= 11 is 2.07. The van der Waals surface area contributed by atoms with Gasteiger partial charge in [0, 0.05) is 17.8 Å². The van der Waals surface area contributed by atoms with Crippen molar-refractivity contribution in [3.8, 4) is 5.75 Å². The molecule has 3 heterocycles. The van der Waals surface area contributed by atoms with E-state index in [1.54, 1.807) is 64.1 Å². The molecule has 0 saturated heterocycles. The number of nitrogens with zero attached hydrogens (tertiary/aromatic N) is 4. The van der Waals surface area contributed by atoms with E-state index in [1.165, 1.54) is 29.9 Å². The largest absolute Gasteiger partial charge is 0.497 e. The summed E-state index contributed by atoms with van der Waals surface area (Å²) in [4.78, 5) is 62.5. The summed E-state index contributed by atoms with van der Waals surface area (Å²) in [6.45, 7) is 6.83. The van der Waals surface area contributed by atoms with Crippen LogP contribution in [0.4, 0.5) is 5.69 Å². The molecule has 0 aliphatic carbocycles. The number of thiazole rings is 1. The minimum absolute atomic E-state index is 0.218. The molecule has 1 aliphatic rings. The van der Waals surface area contributed by atoms with Crippen LogP contribution in [0.15, 0.2) is 84.4 Å². The smallest absolute Gasteiger partial charge is 0.338 e. The van der Waals surface area contributed by atoms with Crippen LogP contribution in [0.5, 0.6) is 5.75 Å². The zero-order valence-electron chi connectivity index (χ0n) is 24.3. The molecule has 1 aliphatic heterocycles. The van der Waals surface area contributed by atoms with Crippen LogP contribution in [0.3, 0.4) is 0 Å². The number of fused-ring (bicyclic) bond motifs is 1. The average molecular weight is 634 g/mol. The van der Waals surface area contributed by atoms with Gasteiger partial charge in [-0.25, -0.2) is 14.8 Å². The Bertz CT molecular complexity index is 2080. The van der Waals surface area contributed by atoms with E-state index in [0.29, 0.717) is 33.1 Å². The molecule has 1 atom stereocenters. The summed E-state index contributed by atoms with van der Waals surface area (Å²) in [5.41, 5.74) is 1.15. The van der Waals surface area contributed by atoms with E-state index in [-0.39, 0.29) is 31.4 Å². The van der Waals surface area contributed by atoms with Crippen LogP contribution in [0.25, 0.3) is 6.08 Å². The van der Waals surface area contributed by atoms with Gasteiger partial charge in [-0.1, -0.05) is 29.5 Å². The number of aryl methyl sites for hydroxylation is 1. The molecule has 0 bridgehead atoms. The van der Waals surface area contributed by atoms with Gasteiger partial charge >= 0.3 is 5.97 Å². The van der Waals surface area contributed by atoms with Crippen molar-refractivity contribution in [2.45, 2.75) is 49.9 Å². The van der Waals surface area contributed by atoms with Crippen molar-refractivity contribution in [1.82, 2.24) is 14.5 Å². The third-order valence-electron chi connectivity index (χ3n) is 6.53. The second kappa shape index (κ2) is 12.4. The maximum Gasteiger partial charge on any atom is 0.338 e. The number of aromatic amines is 1. The molecule has 1 N–H and O–H groups in total. The summed E-state index contributed by atoms with van der Waals surface area (Å²) in [7, 11) is 1.53. The first kappa shape index (κ1) is 30.6. The number of benzene rings is 2. The number of methoxy groups -OCH3 is 1. The van der Waals surface area contributed by atoms with E-state index in [4.69, 9.17) is 9.47 Å². The topological polar surface area (TPSA) is 159 Å². The Hall–Kier alpha value is -4.82. The molecule has 5 rings (SSSR count). The molecule has 0 amide bonds. The molecule has 226 valence electrons. The van der Waals surface area contributed by atoms with Crippen LogP contribution in [-0.4, -0.2) is 38.6 Å². The Morgan fingerprint density at radius 1 is 1.18 bits per heavy atom. The monoisotopic (exact) mass is 633 g/mol. The average Bonchev–Trinajstić information content (AvgIpc) is 3.25. The van der Waals surface area contributed by atoms with E-state index in [1.807, 2.05) is 0 Å². The fraction of sp³-hybridized carbons (Fsp3) is 0.233. The Morgan fingerprint density at radius 3 is 2.64 bits per heavy atom. The van der Waals surface area contributed by atoms with Crippen molar-refractivity contribution < 1.29 is 19.2 Å². The Balaban J connectivity index is 1.63. The van der Waals surface area contributed by atoms with E-state index < -0.39 is 28.6 Å². The van der Waals surface area contributed by atoms with Crippen LogP contribution >= 0.6 is 23.1 Å². The third kappa shape index (κ3) is 6.26. The second-order valence-corrected chi connectivity index (χ2v) is 12.1. The third-order valence-corrected chi connectivity index (χ3v) is 8.46. The van der Waals surface area contributed by atoms with E-state index in [9.17, 15) is 24.5 Å². The van der Waals surface area contributed by atoms with Crippen LogP contribution in [0.1, 0.15) is 43.6 Å². The number of carbonyl (C=O) groups excluding carboxylic acids is 1. The SMILES string of the molecule is COc1cccc([C@H]2C(C(=O)OC(C)C)=C(C)N=c3s/c(=C\c4ccc(Sc5nc(C)cc(=O)[nH]5)c([N+](=O)[O-])c4)c(=O)n32)c1. The maximum atomic E-state index is 13.9. The maximum absolute atomic E-state index is 13.9. The Morgan fingerprint density at radius 2 is 1.95 bits per heavy atom. The molecule has 0 radical (unpaired) electrons. The van der Waals surface area contributed by atoms with Gasteiger partial charge in [0.05, 0.1) is 44.9 Å². The highest BCUT2D eigenvalue weighted by atomic mass is 32.2. The molecule has 44 heavy (non-hydrogen) atoms. The first-order valence-corrected chi connectivity index (χ1v) is 15.0. The number of rotatable bonds is 8. The van der Waals surface area contributed by atoms with Crippen molar-refractivity contribution in [2.75, 3.05) is 7.11 Å². The highest BCUT2D eigenvalue weighted by molar-refractivity contribution is 7.99. The number of nitro groups is 1. The summed E-state index contributed by atoms with van der Waals surface area (Å²) in [5.74, 6) is -0.0393. The highest BCUT2D eigenvalue weighted by Crippen LogP contribution is 2.34. The number of carbonyl (C=O) groups is 1. The zero-order valence-corrected chi connectivity index (χ0v) is 25.9. The lowest BCUT2D eigenvalue weighted by Crippen LogP contribution is -2.40. The number of H-pyrrole nitrogens is 1. The molecule has 0 saturated carbocycles. The standard InChI is InChI=1S/C30H27N5O7S2/c1-15(2)42-28(38)25-17(4)32-30-34(26(25)19-7-6-8-20(14-19)41-5)27(37)23(44-30)13-18-9-10-22(21(12-18)35(39)40)43-29-31-16(3)11-24(36)33-29/h6-15,26H,1-5H3,(H,31,33,36)/b23-13-/t26-/m0/s1. The van der Waals surface area contributed by atoms with Gasteiger partial charge in [0.25, 0.3) is 16.8 Å². The highest BCUT2D eigenvalue weighted by Gasteiger charge is 2.34. The molecule has 0 fully saturated rings. The van der Waals surface area contributed by atoms with Gasteiger partial charge < -0.3 is 14.5 Å². The summed E-state index contributed by atoms with van der Waals surface area (Å²) in [6, 6.07) is 12.1. The zero-order chi connectivity index (χ0) is 31.7. The molecular formula is C30H27N5O7S2. The molecule has 12 nitrogen and oxygen atoms in total. The van der Waals surface area contributed by atoms with Crippen LogP contribution in [0, 0.1) is 17.0 Å². The van der Waals surface area contributed by atoms with Crippen LogP contribution in [0.2, 0.25) is 0 Å².